The summed E-state index contributed by atoms with van der Waals surface area (Å²) in [5, 5.41) is 1.11. The lowest BCUT2D eigenvalue weighted by Gasteiger charge is -2.27. The topological polar surface area (TPSA) is 51.7 Å². The summed E-state index contributed by atoms with van der Waals surface area (Å²) in [5.41, 5.74) is 4.82. The molecule has 0 saturated carbocycles. The molecule has 1 atom stereocenters. The van der Waals surface area contributed by atoms with Crippen LogP contribution in [0.3, 0.4) is 0 Å². The second kappa shape index (κ2) is 8.09. The fraction of sp³-hybridized carbons (Fsp3) is 0.304. The summed E-state index contributed by atoms with van der Waals surface area (Å²) in [6.45, 7) is 4.26. The first kappa shape index (κ1) is 18.6. The second-order valence-corrected chi connectivity index (χ2v) is 7.16. The maximum absolute atomic E-state index is 12.8. The predicted octanol–water partition coefficient (Wildman–Crippen LogP) is 3.70. The Morgan fingerprint density at radius 1 is 1.14 bits per heavy atom. The number of amides is 1. The van der Waals surface area contributed by atoms with Gasteiger partial charge in [-0.3, -0.25) is 9.78 Å². The molecule has 3 aromatic rings. The highest BCUT2D eigenvalue weighted by molar-refractivity contribution is 5.97. The highest BCUT2D eigenvalue weighted by atomic mass is 16.6. The van der Waals surface area contributed by atoms with Gasteiger partial charge in [-0.2, -0.15) is 0 Å². The van der Waals surface area contributed by atoms with E-state index >= 15 is 0 Å². The van der Waals surface area contributed by atoms with Crippen LogP contribution in [0.1, 0.15) is 16.1 Å². The number of carbonyl (C=O) groups excluding carboxylic acids is 1. The number of ether oxygens (including phenoxy) is 2. The van der Waals surface area contributed by atoms with Gasteiger partial charge in [0, 0.05) is 30.2 Å². The largest absolute Gasteiger partial charge is 0.376 e. The number of nitrogens with zero attached hydrogens (tertiary/aromatic N) is 2. The third-order valence-electron chi connectivity index (χ3n) is 5.00. The van der Waals surface area contributed by atoms with Gasteiger partial charge < -0.3 is 14.4 Å². The monoisotopic (exact) mass is 376 g/mol. The van der Waals surface area contributed by atoms with Gasteiger partial charge in [0.15, 0.2) is 0 Å². The van der Waals surface area contributed by atoms with Crippen LogP contribution in [-0.4, -0.2) is 55.3 Å². The Hall–Kier alpha value is -2.76. The first-order valence-electron chi connectivity index (χ1n) is 9.53. The third kappa shape index (κ3) is 3.91. The van der Waals surface area contributed by atoms with Crippen LogP contribution in [0.15, 0.2) is 54.6 Å². The molecule has 0 bridgehead atoms. The zero-order chi connectivity index (χ0) is 19.5. The fourth-order valence-corrected chi connectivity index (χ4v) is 3.59. The van der Waals surface area contributed by atoms with Crippen molar-refractivity contribution in [1.82, 2.24) is 9.88 Å². The van der Waals surface area contributed by atoms with Gasteiger partial charge in [-0.1, -0.05) is 30.3 Å². The maximum Gasteiger partial charge on any atom is 0.253 e. The summed E-state index contributed by atoms with van der Waals surface area (Å²) in [4.78, 5) is 19.1. The Labute approximate surface area is 164 Å². The number of aromatic nitrogens is 1. The Balaban J connectivity index is 1.55. The van der Waals surface area contributed by atoms with Crippen LogP contribution in [-0.2, 0) is 9.47 Å². The highest BCUT2D eigenvalue weighted by Gasteiger charge is 2.20. The summed E-state index contributed by atoms with van der Waals surface area (Å²) < 4.78 is 11.0. The van der Waals surface area contributed by atoms with E-state index in [0.717, 1.165) is 27.7 Å². The zero-order valence-electron chi connectivity index (χ0n) is 16.2. The number of aryl methyl sites for hydroxylation is 1. The van der Waals surface area contributed by atoms with Crippen LogP contribution in [0.25, 0.3) is 22.0 Å². The number of hydrogen-bond acceptors (Lipinski definition) is 4. The standard InChI is InChI=1S/C23H24N2O3/c1-16-13-21(20-5-3-4-6-22(20)24-16)17-7-9-18(10-8-17)23(26)25(2)14-19-15-27-11-12-28-19/h3-10,13,19H,11-12,14-15H2,1-2H3/t19-/m0/s1. The van der Waals surface area contributed by atoms with Gasteiger partial charge in [0.25, 0.3) is 5.91 Å². The summed E-state index contributed by atoms with van der Waals surface area (Å²) in [5.74, 6) is -0.0171. The van der Waals surface area contributed by atoms with Gasteiger partial charge in [0.1, 0.15) is 0 Å². The summed E-state index contributed by atoms with van der Waals surface area (Å²) >= 11 is 0. The molecular formula is C23H24N2O3. The van der Waals surface area contributed by atoms with Gasteiger partial charge >= 0.3 is 0 Å². The number of rotatable bonds is 4. The fourth-order valence-electron chi connectivity index (χ4n) is 3.59. The van der Waals surface area contributed by atoms with Crippen molar-refractivity contribution in [2.45, 2.75) is 13.0 Å². The van der Waals surface area contributed by atoms with Crippen LogP contribution in [0.4, 0.5) is 0 Å². The van der Waals surface area contributed by atoms with E-state index in [4.69, 9.17) is 9.47 Å². The zero-order valence-corrected chi connectivity index (χ0v) is 16.2. The van der Waals surface area contributed by atoms with E-state index in [9.17, 15) is 4.79 Å². The SMILES string of the molecule is Cc1cc(-c2ccc(C(=O)N(C)C[C@H]3COCCO3)cc2)c2ccccc2n1. The molecule has 0 aliphatic carbocycles. The number of likely N-dealkylation sites (N-methyl/N-ethyl adjacent to an activating group) is 1. The molecule has 1 aromatic heterocycles. The van der Waals surface area contributed by atoms with Crippen molar-refractivity contribution < 1.29 is 14.3 Å². The molecule has 0 unspecified atom stereocenters. The van der Waals surface area contributed by atoms with Crippen molar-refractivity contribution in [1.29, 1.82) is 0 Å². The van der Waals surface area contributed by atoms with Crippen molar-refractivity contribution in [2.75, 3.05) is 33.4 Å². The van der Waals surface area contributed by atoms with Gasteiger partial charge in [-0.15, -0.1) is 0 Å². The third-order valence-corrected chi connectivity index (χ3v) is 5.00. The Morgan fingerprint density at radius 2 is 1.93 bits per heavy atom. The van der Waals surface area contributed by atoms with Crippen LogP contribution in [0.2, 0.25) is 0 Å². The smallest absolute Gasteiger partial charge is 0.253 e. The van der Waals surface area contributed by atoms with Crippen molar-refractivity contribution >= 4 is 16.8 Å². The van der Waals surface area contributed by atoms with Gasteiger partial charge in [-0.05, 0) is 42.3 Å². The van der Waals surface area contributed by atoms with Crippen LogP contribution in [0, 0.1) is 6.92 Å². The van der Waals surface area contributed by atoms with E-state index < -0.39 is 0 Å². The Kier molecular flexibility index (Phi) is 5.37. The average Bonchev–Trinajstić information content (AvgIpc) is 2.73. The van der Waals surface area contributed by atoms with Gasteiger partial charge in [0.2, 0.25) is 0 Å². The molecule has 28 heavy (non-hydrogen) atoms. The minimum absolute atomic E-state index is 0.0171. The molecule has 0 radical (unpaired) electrons. The first-order valence-corrected chi connectivity index (χ1v) is 9.53. The van der Waals surface area contributed by atoms with E-state index in [1.807, 2.05) is 49.4 Å². The van der Waals surface area contributed by atoms with Crippen molar-refractivity contribution in [3.63, 3.8) is 0 Å². The molecule has 1 saturated heterocycles. The second-order valence-electron chi connectivity index (χ2n) is 7.16. The number of carbonyl (C=O) groups is 1. The molecule has 1 fully saturated rings. The minimum Gasteiger partial charge on any atom is -0.376 e. The van der Waals surface area contributed by atoms with Gasteiger partial charge in [-0.25, -0.2) is 0 Å². The molecule has 144 valence electrons. The molecular weight excluding hydrogens is 352 g/mol. The predicted molar refractivity (Wildman–Crippen MR) is 109 cm³/mol. The minimum atomic E-state index is -0.0619. The maximum atomic E-state index is 12.8. The van der Waals surface area contributed by atoms with Crippen LogP contribution in [0.5, 0.6) is 0 Å². The highest BCUT2D eigenvalue weighted by Crippen LogP contribution is 2.28. The lowest BCUT2D eigenvalue weighted by molar-refractivity contribution is -0.0933. The van der Waals surface area contributed by atoms with Crippen LogP contribution >= 0.6 is 0 Å². The summed E-state index contributed by atoms with van der Waals surface area (Å²) in [7, 11) is 1.80. The van der Waals surface area contributed by atoms with E-state index in [0.29, 0.717) is 31.9 Å². The number of para-hydroxylation sites is 1. The molecule has 1 amide bonds. The van der Waals surface area contributed by atoms with Crippen molar-refractivity contribution in [3.8, 4) is 11.1 Å². The molecule has 2 heterocycles. The Bertz CT molecular complexity index is 979. The molecule has 5 nitrogen and oxygen atoms in total. The van der Waals surface area contributed by atoms with E-state index in [1.165, 1.54) is 0 Å². The number of hydrogen-bond donors (Lipinski definition) is 0. The van der Waals surface area contributed by atoms with Gasteiger partial charge in [0.05, 0.1) is 31.4 Å². The lowest BCUT2D eigenvalue weighted by Crippen LogP contribution is -2.40. The number of fused-ring (bicyclic) bond motifs is 1. The van der Waals surface area contributed by atoms with Crippen molar-refractivity contribution in [3.05, 3.63) is 65.9 Å². The van der Waals surface area contributed by atoms with Crippen molar-refractivity contribution in [2.24, 2.45) is 0 Å². The van der Waals surface area contributed by atoms with E-state index in [2.05, 4.69) is 17.1 Å². The molecule has 0 spiro atoms. The lowest BCUT2D eigenvalue weighted by atomic mass is 9.99. The average molecular weight is 376 g/mol. The first-order chi connectivity index (χ1) is 13.6. The summed E-state index contributed by atoms with van der Waals surface area (Å²) in [6, 6.07) is 18.0. The Morgan fingerprint density at radius 3 is 2.68 bits per heavy atom. The number of pyridine rings is 1. The quantitative estimate of drug-likeness (QED) is 0.697. The van der Waals surface area contributed by atoms with E-state index in [1.54, 1.807) is 11.9 Å². The van der Waals surface area contributed by atoms with E-state index in [-0.39, 0.29) is 12.0 Å². The number of benzene rings is 2. The molecule has 5 heteroatoms. The summed E-state index contributed by atoms with van der Waals surface area (Å²) in [6.07, 6.45) is -0.0619. The molecule has 2 aromatic carbocycles. The molecule has 4 rings (SSSR count). The normalized spacial score (nSPS) is 16.9. The molecule has 0 N–H and O–H groups in total. The molecule has 1 aliphatic heterocycles. The van der Waals surface area contributed by atoms with Crippen LogP contribution < -0.4 is 0 Å². The molecule has 1 aliphatic rings.